The number of imidazole rings is 1. The molecule has 0 amide bonds. The van der Waals surface area contributed by atoms with Crippen molar-refractivity contribution in [3.05, 3.63) is 47.8 Å². The van der Waals surface area contributed by atoms with E-state index in [1.165, 1.54) is 0 Å². The molecule has 3 aromatic rings. The first kappa shape index (κ1) is 23.5. The Hall–Kier alpha value is -2.62. The third-order valence-electron chi connectivity index (χ3n) is 6.37. The molecule has 1 unspecified atom stereocenters. The molecule has 1 aliphatic rings. The van der Waals surface area contributed by atoms with E-state index < -0.39 is 10.0 Å². The Balaban J connectivity index is 1.71. The molecule has 9 heteroatoms. The van der Waals surface area contributed by atoms with Crippen molar-refractivity contribution in [2.75, 3.05) is 20.8 Å². The summed E-state index contributed by atoms with van der Waals surface area (Å²) in [4.78, 5) is 7.36. The van der Waals surface area contributed by atoms with Crippen molar-refractivity contribution in [1.82, 2.24) is 14.5 Å². The van der Waals surface area contributed by atoms with E-state index in [1.54, 1.807) is 26.4 Å². The second kappa shape index (κ2) is 9.70. The van der Waals surface area contributed by atoms with Gasteiger partial charge in [0.25, 0.3) is 0 Å². The van der Waals surface area contributed by atoms with Gasteiger partial charge in [0, 0.05) is 18.2 Å². The summed E-state index contributed by atoms with van der Waals surface area (Å²) in [5.41, 5.74) is 2.70. The Bertz CT molecular complexity index is 1240. The number of aryl methyl sites for hydroxylation is 1. The predicted molar refractivity (Wildman–Crippen MR) is 128 cm³/mol. The van der Waals surface area contributed by atoms with Crippen LogP contribution in [0.2, 0.25) is 0 Å². The molecular weight excluding hydrogens is 440 g/mol. The fourth-order valence-corrected chi connectivity index (χ4v) is 5.21. The maximum Gasteiger partial charge on any atom is 0.238 e. The highest BCUT2D eigenvalue weighted by molar-refractivity contribution is 7.89. The van der Waals surface area contributed by atoms with Crippen LogP contribution in [0, 0.1) is 0 Å². The Morgan fingerprint density at radius 1 is 1.15 bits per heavy atom. The maximum absolute atomic E-state index is 11.8. The maximum atomic E-state index is 11.8. The summed E-state index contributed by atoms with van der Waals surface area (Å²) >= 11 is 0. The quantitative estimate of drug-likeness (QED) is 0.508. The standard InChI is InChI=1S/C24H32N4O4S/c1-4-5-13-28-22-10-9-18(33(25,29)30)15-20(22)26-24(28)16-27-12-6-7-21(27)19-14-17(31-2)8-11-23(19)32-3/h8-11,14-15,21H,4-7,12-13,16H2,1-3H3,(H2,25,29,30). The molecule has 1 aromatic heterocycles. The largest absolute Gasteiger partial charge is 0.497 e. The van der Waals surface area contributed by atoms with Gasteiger partial charge >= 0.3 is 0 Å². The topological polar surface area (TPSA) is 99.7 Å². The number of ether oxygens (including phenoxy) is 2. The van der Waals surface area contributed by atoms with Crippen LogP contribution in [0.4, 0.5) is 0 Å². The minimum absolute atomic E-state index is 0.0851. The third-order valence-corrected chi connectivity index (χ3v) is 7.28. The van der Waals surface area contributed by atoms with Crippen molar-refractivity contribution >= 4 is 21.1 Å². The number of primary sulfonamides is 1. The van der Waals surface area contributed by atoms with Crippen LogP contribution in [0.5, 0.6) is 11.5 Å². The zero-order valence-electron chi connectivity index (χ0n) is 19.5. The number of benzene rings is 2. The average Bonchev–Trinajstić information content (AvgIpc) is 3.40. The molecule has 1 atom stereocenters. The molecule has 178 valence electrons. The van der Waals surface area contributed by atoms with Gasteiger partial charge in [-0.05, 0) is 62.2 Å². The lowest BCUT2D eigenvalue weighted by Crippen LogP contribution is -2.25. The highest BCUT2D eigenvalue weighted by Crippen LogP contribution is 2.39. The molecular formula is C24H32N4O4S. The van der Waals surface area contributed by atoms with Crippen LogP contribution in [0.1, 0.15) is 50.0 Å². The lowest BCUT2D eigenvalue weighted by atomic mass is 10.0. The predicted octanol–water partition coefficient (Wildman–Crippen LogP) is 3.84. The van der Waals surface area contributed by atoms with E-state index in [2.05, 4.69) is 22.5 Å². The first-order valence-electron chi connectivity index (χ1n) is 11.3. The molecule has 0 radical (unpaired) electrons. The van der Waals surface area contributed by atoms with E-state index in [-0.39, 0.29) is 10.9 Å². The summed E-state index contributed by atoms with van der Waals surface area (Å²) in [5, 5.41) is 5.35. The zero-order chi connectivity index (χ0) is 23.6. The molecule has 1 aliphatic heterocycles. The highest BCUT2D eigenvalue weighted by atomic mass is 32.2. The smallest absolute Gasteiger partial charge is 0.238 e. The van der Waals surface area contributed by atoms with Crippen molar-refractivity contribution in [1.29, 1.82) is 0 Å². The van der Waals surface area contributed by atoms with Gasteiger partial charge in [-0.15, -0.1) is 0 Å². The van der Waals surface area contributed by atoms with Crippen LogP contribution in [0.3, 0.4) is 0 Å². The fraction of sp³-hybridized carbons (Fsp3) is 0.458. The molecule has 8 nitrogen and oxygen atoms in total. The molecule has 1 saturated heterocycles. The van der Waals surface area contributed by atoms with Gasteiger partial charge < -0.3 is 14.0 Å². The number of unbranched alkanes of at least 4 members (excludes halogenated alkanes) is 1. The number of likely N-dealkylation sites (tertiary alicyclic amines) is 1. The molecule has 4 rings (SSSR count). The molecule has 0 saturated carbocycles. The first-order chi connectivity index (χ1) is 15.9. The molecule has 0 spiro atoms. The van der Waals surface area contributed by atoms with Crippen LogP contribution in [-0.4, -0.2) is 43.6 Å². The van der Waals surface area contributed by atoms with Crippen molar-refractivity contribution in [3.63, 3.8) is 0 Å². The number of hydrogen-bond donors (Lipinski definition) is 1. The number of hydrogen-bond acceptors (Lipinski definition) is 6. The summed E-state index contributed by atoms with van der Waals surface area (Å²) < 4.78 is 37.0. The summed E-state index contributed by atoms with van der Waals surface area (Å²) in [5.74, 6) is 2.59. The Morgan fingerprint density at radius 2 is 1.97 bits per heavy atom. The van der Waals surface area contributed by atoms with Gasteiger partial charge in [0.05, 0.1) is 36.7 Å². The van der Waals surface area contributed by atoms with E-state index in [9.17, 15) is 8.42 Å². The second-order valence-electron chi connectivity index (χ2n) is 8.47. The molecule has 2 N–H and O–H groups in total. The Morgan fingerprint density at radius 3 is 2.67 bits per heavy atom. The molecule has 2 heterocycles. The number of methoxy groups -OCH3 is 2. The molecule has 33 heavy (non-hydrogen) atoms. The van der Waals surface area contributed by atoms with Crippen molar-refractivity contribution in [2.45, 2.75) is 56.6 Å². The summed E-state index contributed by atoms with van der Waals surface area (Å²) in [7, 11) is -0.419. The van der Waals surface area contributed by atoms with Crippen molar-refractivity contribution < 1.29 is 17.9 Å². The normalized spacial score (nSPS) is 17.0. The second-order valence-corrected chi connectivity index (χ2v) is 10.0. The Kier molecular flexibility index (Phi) is 6.92. The van der Waals surface area contributed by atoms with Gasteiger partial charge in [-0.25, -0.2) is 18.5 Å². The minimum atomic E-state index is -3.78. The number of nitrogens with two attached hydrogens (primary N) is 1. The van der Waals surface area contributed by atoms with E-state index in [0.717, 1.165) is 67.2 Å². The third kappa shape index (κ3) is 4.85. The van der Waals surface area contributed by atoms with Gasteiger partial charge in [-0.2, -0.15) is 0 Å². The van der Waals surface area contributed by atoms with Gasteiger partial charge in [-0.3, -0.25) is 4.90 Å². The van der Waals surface area contributed by atoms with Gasteiger partial charge in [0.15, 0.2) is 0 Å². The lowest BCUT2D eigenvalue weighted by molar-refractivity contribution is 0.233. The SMILES string of the molecule is CCCCn1c(CN2CCCC2c2cc(OC)ccc2OC)nc2cc(S(N)(=O)=O)ccc21. The van der Waals surface area contributed by atoms with Crippen LogP contribution >= 0.6 is 0 Å². The van der Waals surface area contributed by atoms with Gasteiger partial charge in [0.2, 0.25) is 10.0 Å². The fourth-order valence-electron chi connectivity index (χ4n) is 4.67. The van der Waals surface area contributed by atoms with E-state index in [4.69, 9.17) is 19.6 Å². The molecule has 0 bridgehead atoms. The van der Waals surface area contributed by atoms with Crippen LogP contribution in [0.25, 0.3) is 11.0 Å². The molecule has 2 aromatic carbocycles. The highest BCUT2D eigenvalue weighted by Gasteiger charge is 2.30. The van der Waals surface area contributed by atoms with Crippen molar-refractivity contribution in [2.24, 2.45) is 5.14 Å². The lowest BCUT2D eigenvalue weighted by Gasteiger charge is -2.26. The van der Waals surface area contributed by atoms with E-state index >= 15 is 0 Å². The number of fused-ring (bicyclic) bond motifs is 1. The number of nitrogens with zero attached hydrogens (tertiary/aromatic N) is 3. The van der Waals surface area contributed by atoms with Crippen LogP contribution in [0.15, 0.2) is 41.3 Å². The number of aromatic nitrogens is 2. The van der Waals surface area contributed by atoms with Crippen molar-refractivity contribution in [3.8, 4) is 11.5 Å². The number of sulfonamides is 1. The van der Waals surface area contributed by atoms with Gasteiger partial charge in [-0.1, -0.05) is 13.3 Å². The average molecular weight is 473 g/mol. The van der Waals surface area contributed by atoms with Crippen LogP contribution < -0.4 is 14.6 Å². The Labute approximate surface area is 195 Å². The van der Waals surface area contributed by atoms with Gasteiger partial charge in [0.1, 0.15) is 17.3 Å². The van der Waals surface area contributed by atoms with Crippen LogP contribution in [-0.2, 0) is 23.1 Å². The first-order valence-corrected chi connectivity index (χ1v) is 12.9. The summed E-state index contributed by atoms with van der Waals surface area (Å²) in [6, 6.07) is 11.1. The number of rotatable bonds is 9. The molecule has 0 aliphatic carbocycles. The van der Waals surface area contributed by atoms with E-state index in [0.29, 0.717) is 12.1 Å². The zero-order valence-corrected chi connectivity index (χ0v) is 20.3. The molecule has 1 fully saturated rings. The summed E-state index contributed by atoms with van der Waals surface area (Å²) in [6.07, 6.45) is 4.17. The summed E-state index contributed by atoms with van der Waals surface area (Å²) in [6.45, 7) is 4.60. The van der Waals surface area contributed by atoms with E-state index in [1.807, 2.05) is 18.2 Å². The minimum Gasteiger partial charge on any atom is -0.497 e. The monoisotopic (exact) mass is 472 g/mol.